The Morgan fingerprint density at radius 2 is 2.08 bits per heavy atom. The van der Waals surface area contributed by atoms with Crippen molar-refractivity contribution in [2.45, 2.75) is 19.0 Å². The topological polar surface area (TPSA) is 49.4 Å². The number of benzene rings is 2. The summed E-state index contributed by atoms with van der Waals surface area (Å²) in [5.74, 6) is -0.0820. The van der Waals surface area contributed by atoms with Crippen molar-refractivity contribution in [2.24, 2.45) is 0 Å². The molecule has 0 spiro atoms. The van der Waals surface area contributed by atoms with Crippen LogP contribution in [0.4, 0.5) is 10.1 Å². The zero-order valence-corrected chi connectivity index (χ0v) is 14.7. The number of rotatable bonds is 6. The molecule has 0 radical (unpaired) electrons. The highest BCUT2D eigenvalue weighted by atomic mass is 32.2. The van der Waals surface area contributed by atoms with E-state index in [1.165, 1.54) is 12.1 Å². The maximum atomic E-state index is 13.3. The number of fused-ring (bicyclic) bond motifs is 1. The van der Waals surface area contributed by atoms with Crippen LogP contribution in [0.5, 0.6) is 0 Å². The van der Waals surface area contributed by atoms with Gasteiger partial charge in [0.05, 0.1) is 0 Å². The second kappa shape index (κ2) is 7.70. The van der Waals surface area contributed by atoms with Gasteiger partial charge in [-0.25, -0.2) is 4.39 Å². The van der Waals surface area contributed by atoms with E-state index in [2.05, 4.69) is 5.32 Å². The standard InChI is InChI=1S/C19H19FN2O2S/c1-25-10-9-17(18(23)21-15-7-4-6-14(20)11-15)22-12-13-5-2-3-8-16(13)19(22)24/h2-8,11,17H,9-10,12H2,1H3,(H,21,23)/t17-/m1/s1. The first-order valence-electron chi connectivity index (χ1n) is 8.04. The zero-order valence-electron chi connectivity index (χ0n) is 13.9. The SMILES string of the molecule is CSCC[C@H](C(=O)Nc1cccc(F)c1)N1Cc2ccccc2C1=O. The van der Waals surface area contributed by atoms with Gasteiger partial charge in [-0.2, -0.15) is 11.8 Å². The normalized spacial score (nSPS) is 14.3. The lowest BCUT2D eigenvalue weighted by atomic mass is 10.1. The smallest absolute Gasteiger partial charge is 0.255 e. The third kappa shape index (κ3) is 3.85. The molecule has 0 aliphatic carbocycles. The van der Waals surface area contributed by atoms with Gasteiger partial charge in [-0.05, 0) is 48.3 Å². The van der Waals surface area contributed by atoms with Crippen molar-refractivity contribution in [3.8, 4) is 0 Å². The van der Waals surface area contributed by atoms with E-state index in [4.69, 9.17) is 0 Å². The number of nitrogens with one attached hydrogen (secondary N) is 1. The van der Waals surface area contributed by atoms with Crippen molar-refractivity contribution in [1.82, 2.24) is 4.90 Å². The monoisotopic (exact) mass is 358 g/mol. The van der Waals surface area contributed by atoms with Gasteiger partial charge >= 0.3 is 0 Å². The van der Waals surface area contributed by atoms with Crippen LogP contribution >= 0.6 is 11.8 Å². The molecule has 6 heteroatoms. The summed E-state index contributed by atoms with van der Waals surface area (Å²) in [7, 11) is 0. The molecule has 0 aromatic heterocycles. The molecule has 2 aromatic carbocycles. The molecule has 1 N–H and O–H groups in total. The van der Waals surface area contributed by atoms with E-state index in [9.17, 15) is 14.0 Å². The number of halogens is 1. The van der Waals surface area contributed by atoms with Crippen LogP contribution in [-0.4, -0.2) is 34.8 Å². The van der Waals surface area contributed by atoms with Crippen LogP contribution in [0.15, 0.2) is 48.5 Å². The van der Waals surface area contributed by atoms with Gasteiger partial charge in [0.25, 0.3) is 5.91 Å². The first kappa shape index (κ1) is 17.5. The average Bonchev–Trinajstić information content (AvgIpc) is 2.92. The van der Waals surface area contributed by atoms with Crippen molar-refractivity contribution in [2.75, 3.05) is 17.3 Å². The summed E-state index contributed by atoms with van der Waals surface area (Å²) < 4.78 is 13.3. The van der Waals surface area contributed by atoms with Gasteiger partial charge < -0.3 is 10.2 Å². The van der Waals surface area contributed by atoms with Gasteiger partial charge in [-0.15, -0.1) is 0 Å². The van der Waals surface area contributed by atoms with E-state index in [1.807, 2.05) is 24.5 Å². The fourth-order valence-electron chi connectivity index (χ4n) is 2.98. The van der Waals surface area contributed by atoms with Crippen molar-refractivity contribution in [1.29, 1.82) is 0 Å². The van der Waals surface area contributed by atoms with E-state index in [-0.39, 0.29) is 11.8 Å². The highest BCUT2D eigenvalue weighted by molar-refractivity contribution is 7.98. The third-order valence-corrected chi connectivity index (χ3v) is 4.86. The number of thioether (sulfide) groups is 1. The zero-order chi connectivity index (χ0) is 17.8. The Bertz CT molecular complexity index is 796. The van der Waals surface area contributed by atoms with Gasteiger partial charge in [0.15, 0.2) is 0 Å². The summed E-state index contributed by atoms with van der Waals surface area (Å²) >= 11 is 1.62. The molecule has 1 aliphatic heterocycles. The van der Waals surface area contributed by atoms with Crippen molar-refractivity contribution >= 4 is 29.3 Å². The second-order valence-corrected chi connectivity index (χ2v) is 6.87. The fourth-order valence-corrected chi connectivity index (χ4v) is 3.44. The molecule has 2 amide bonds. The molecular formula is C19H19FN2O2S. The van der Waals surface area contributed by atoms with Crippen LogP contribution < -0.4 is 5.32 Å². The Morgan fingerprint density at radius 1 is 1.28 bits per heavy atom. The lowest BCUT2D eigenvalue weighted by Crippen LogP contribution is -2.44. The minimum atomic E-state index is -0.587. The summed E-state index contributed by atoms with van der Waals surface area (Å²) in [6, 6.07) is 12.6. The molecule has 0 saturated carbocycles. The number of carbonyl (C=O) groups is 2. The van der Waals surface area contributed by atoms with Crippen LogP contribution in [0.3, 0.4) is 0 Å². The Labute approximate surface area is 150 Å². The van der Waals surface area contributed by atoms with E-state index >= 15 is 0 Å². The fraction of sp³-hybridized carbons (Fsp3) is 0.263. The summed E-state index contributed by atoms with van der Waals surface area (Å²) in [6.07, 6.45) is 2.50. The number of amides is 2. The maximum Gasteiger partial charge on any atom is 0.255 e. The minimum absolute atomic E-state index is 0.129. The van der Waals surface area contributed by atoms with Crippen molar-refractivity contribution in [3.05, 3.63) is 65.5 Å². The van der Waals surface area contributed by atoms with E-state index in [0.717, 1.165) is 11.3 Å². The number of hydrogen-bond acceptors (Lipinski definition) is 3. The predicted molar refractivity (Wildman–Crippen MR) is 98.1 cm³/mol. The Balaban J connectivity index is 1.80. The molecule has 2 aromatic rings. The molecule has 25 heavy (non-hydrogen) atoms. The lowest BCUT2D eigenvalue weighted by Gasteiger charge is -2.26. The Kier molecular flexibility index (Phi) is 5.38. The largest absolute Gasteiger partial charge is 0.324 e. The molecule has 0 saturated heterocycles. The van der Waals surface area contributed by atoms with Crippen LogP contribution in [0.1, 0.15) is 22.3 Å². The van der Waals surface area contributed by atoms with E-state index in [0.29, 0.717) is 24.2 Å². The average molecular weight is 358 g/mol. The molecule has 1 atom stereocenters. The Hall–Kier alpha value is -2.34. The molecule has 130 valence electrons. The highest BCUT2D eigenvalue weighted by Crippen LogP contribution is 2.26. The van der Waals surface area contributed by atoms with Gasteiger partial charge in [0.2, 0.25) is 5.91 Å². The summed E-state index contributed by atoms with van der Waals surface area (Å²) in [4.78, 5) is 27.1. The number of anilines is 1. The highest BCUT2D eigenvalue weighted by Gasteiger charge is 2.35. The number of nitrogens with zero attached hydrogens (tertiary/aromatic N) is 1. The van der Waals surface area contributed by atoms with Crippen LogP contribution in [-0.2, 0) is 11.3 Å². The predicted octanol–water partition coefficient (Wildman–Crippen LogP) is 3.54. The molecule has 1 aliphatic rings. The van der Waals surface area contributed by atoms with Crippen LogP contribution in [0.25, 0.3) is 0 Å². The van der Waals surface area contributed by atoms with Gasteiger partial charge in [-0.3, -0.25) is 9.59 Å². The van der Waals surface area contributed by atoms with Crippen molar-refractivity contribution < 1.29 is 14.0 Å². The van der Waals surface area contributed by atoms with E-state index in [1.54, 1.807) is 34.9 Å². The maximum absolute atomic E-state index is 13.3. The minimum Gasteiger partial charge on any atom is -0.324 e. The summed E-state index contributed by atoms with van der Waals surface area (Å²) in [5.41, 5.74) is 1.97. The number of hydrogen-bond donors (Lipinski definition) is 1. The number of carbonyl (C=O) groups excluding carboxylic acids is 2. The van der Waals surface area contributed by atoms with Gasteiger partial charge in [0.1, 0.15) is 11.9 Å². The van der Waals surface area contributed by atoms with Crippen molar-refractivity contribution in [3.63, 3.8) is 0 Å². The third-order valence-electron chi connectivity index (χ3n) is 4.22. The molecule has 0 fully saturated rings. The van der Waals surface area contributed by atoms with E-state index < -0.39 is 11.9 Å². The molecule has 0 bridgehead atoms. The Morgan fingerprint density at radius 3 is 2.80 bits per heavy atom. The molecular weight excluding hydrogens is 339 g/mol. The van der Waals surface area contributed by atoms with Crippen LogP contribution in [0, 0.1) is 5.82 Å². The van der Waals surface area contributed by atoms with Crippen LogP contribution in [0.2, 0.25) is 0 Å². The first-order chi connectivity index (χ1) is 12.1. The molecule has 0 unspecified atom stereocenters. The molecule has 4 nitrogen and oxygen atoms in total. The first-order valence-corrected chi connectivity index (χ1v) is 9.44. The quantitative estimate of drug-likeness (QED) is 0.859. The lowest BCUT2D eigenvalue weighted by molar-refractivity contribution is -0.120. The molecule has 3 rings (SSSR count). The van der Waals surface area contributed by atoms with Gasteiger partial charge in [-0.1, -0.05) is 24.3 Å². The summed E-state index contributed by atoms with van der Waals surface area (Å²) in [5, 5.41) is 2.73. The summed E-state index contributed by atoms with van der Waals surface area (Å²) in [6.45, 7) is 0.421. The van der Waals surface area contributed by atoms with Gasteiger partial charge in [0, 0.05) is 17.8 Å². The molecule has 1 heterocycles. The second-order valence-electron chi connectivity index (χ2n) is 5.89.